The molecule has 0 saturated heterocycles. The average molecular weight is 510 g/mol. The Labute approximate surface area is 223 Å². The Morgan fingerprint density at radius 2 is 1.68 bits per heavy atom. The summed E-state index contributed by atoms with van der Waals surface area (Å²) < 4.78 is 0. The van der Waals surface area contributed by atoms with Gasteiger partial charge in [0.1, 0.15) is 5.75 Å². The summed E-state index contributed by atoms with van der Waals surface area (Å²) in [6.07, 6.45) is 3.80. The maximum Gasteiger partial charge on any atom is 0.115 e. The summed E-state index contributed by atoms with van der Waals surface area (Å²) in [5.41, 5.74) is 11.7. The summed E-state index contributed by atoms with van der Waals surface area (Å²) >= 11 is 6.51. The second kappa shape index (κ2) is 11.2. The molecule has 0 fully saturated rings. The molecule has 5 heteroatoms. The number of nitrogens with two attached hydrogens (primary N) is 1. The minimum Gasteiger partial charge on any atom is -0.508 e. The van der Waals surface area contributed by atoms with Crippen molar-refractivity contribution >= 4 is 33.8 Å². The summed E-state index contributed by atoms with van der Waals surface area (Å²) in [7, 11) is 0. The van der Waals surface area contributed by atoms with Crippen molar-refractivity contribution in [3.05, 3.63) is 119 Å². The number of benzene rings is 4. The van der Waals surface area contributed by atoms with Gasteiger partial charge in [-0.1, -0.05) is 67.1 Å². The number of benzodiazepines with no additional fused rings is 1. The highest BCUT2D eigenvalue weighted by Crippen LogP contribution is 2.35. The highest BCUT2D eigenvalue weighted by molar-refractivity contribution is 6.31. The van der Waals surface area contributed by atoms with Crippen LogP contribution in [0.4, 0.5) is 5.69 Å². The van der Waals surface area contributed by atoms with Gasteiger partial charge in [-0.05, 0) is 78.2 Å². The summed E-state index contributed by atoms with van der Waals surface area (Å²) in [5, 5.41) is 13.0. The number of hydrogen-bond donors (Lipinski definition) is 2. The first-order valence-corrected chi connectivity index (χ1v) is 13.2. The molecule has 0 bridgehead atoms. The van der Waals surface area contributed by atoms with Gasteiger partial charge in [-0.3, -0.25) is 4.99 Å². The van der Waals surface area contributed by atoms with Crippen molar-refractivity contribution in [1.29, 1.82) is 0 Å². The van der Waals surface area contributed by atoms with Crippen molar-refractivity contribution in [1.82, 2.24) is 0 Å². The van der Waals surface area contributed by atoms with Crippen molar-refractivity contribution in [2.24, 2.45) is 10.7 Å². The van der Waals surface area contributed by atoms with Crippen molar-refractivity contribution in [2.45, 2.75) is 31.7 Å². The van der Waals surface area contributed by atoms with Gasteiger partial charge in [-0.15, -0.1) is 0 Å². The van der Waals surface area contributed by atoms with Crippen LogP contribution in [0.3, 0.4) is 0 Å². The third-order valence-electron chi connectivity index (χ3n) is 6.99. The van der Waals surface area contributed by atoms with Gasteiger partial charge in [0.25, 0.3) is 0 Å². The van der Waals surface area contributed by atoms with Crippen LogP contribution in [0.1, 0.15) is 36.0 Å². The van der Waals surface area contributed by atoms with Crippen LogP contribution in [0.2, 0.25) is 5.02 Å². The van der Waals surface area contributed by atoms with Gasteiger partial charge < -0.3 is 15.7 Å². The normalized spacial score (nSPS) is 15.4. The molecule has 0 radical (unpaired) electrons. The van der Waals surface area contributed by atoms with Gasteiger partial charge in [0.05, 0.1) is 17.4 Å². The molecule has 4 nitrogen and oxygen atoms in total. The predicted octanol–water partition coefficient (Wildman–Crippen LogP) is 7.11. The molecular weight excluding hydrogens is 478 g/mol. The Hall–Kier alpha value is -3.60. The second-order valence-electron chi connectivity index (χ2n) is 9.58. The van der Waals surface area contributed by atoms with Crippen molar-refractivity contribution in [3.8, 4) is 5.75 Å². The van der Waals surface area contributed by atoms with E-state index in [-0.39, 0.29) is 11.8 Å². The number of anilines is 1. The molecule has 0 spiro atoms. The third-order valence-corrected chi connectivity index (χ3v) is 7.23. The zero-order chi connectivity index (χ0) is 25.8. The molecular formula is C32H32ClN3O. The number of fused-ring (bicyclic) bond motifs is 2. The zero-order valence-corrected chi connectivity index (χ0v) is 21.7. The number of phenolic OH excluding ortho intramolecular Hbond substituents is 1. The fraction of sp³-hybridized carbons (Fsp3) is 0.219. The van der Waals surface area contributed by atoms with E-state index in [4.69, 9.17) is 22.3 Å². The maximum atomic E-state index is 9.92. The lowest BCUT2D eigenvalue weighted by molar-refractivity contribution is 0.475. The lowest BCUT2D eigenvalue weighted by Gasteiger charge is -2.30. The molecule has 1 aliphatic heterocycles. The molecule has 188 valence electrons. The van der Waals surface area contributed by atoms with Crippen LogP contribution in [-0.4, -0.2) is 29.9 Å². The molecule has 5 rings (SSSR count). The van der Waals surface area contributed by atoms with Gasteiger partial charge in [0, 0.05) is 34.8 Å². The van der Waals surface area contributed by atoms with Crippen LogP contribution in [0.25, 0.3) is 10.8 Å². The Kier molecular flexibility index (Phi) is 7.59. The summed E-state index contributed by atoms with van der Waals surface area (Å²) in [6.45, 7) is 6.11. The fourth-order valence-corrected chi connectivity index (χ4v) is 5.20. The Morgan fingerprint density at radius 1 is 0.892 bits per heavy atom. The number of halogens is 1. The lowest BCUT2D eigenvalue weighted by Crippen LogP contribution is -2.30. The van der Waals surface area contributed by atoms with Gasteiger partial charge in [-0.2, -0.15) is 0 Å². The standard InChI is InChI=1S/C32H32ClN3O/c1-22-30(20-23-9-10-24-7-3-4-8-26(24)19-23)35-32(25-11-14-28(37)15-12-25)29-21-27(33)13-16-31(29)36(22)18-6-2-5-17-34/h3-4,7-16,19,21,30,37H,1-2,5-6,17-18,20,34H2. The SMILES string of the molecule is C=C1C(Cc2ccc3ccccc3c2)N=C(c2ccc(O)cc2)c2cc(Cl)ccc2N1CCCCCN. The fourth-order valence-electron chi connectivity index (χ4n) is 5.02. The number of nitrogens with zero attached hydrogens (tertiary/aromatic N) is 2. The predicted molar refractivity (Wildman–Crippen MR) is 156 cm³/mol. The van der Waals surface area contributed by atoms with E-state index in [0.29, 0.717) is 11.6 Å². The van der Waals surface area contributed by atoms with Gasteiger partial charge in [-0.25, -0.2) is 0 Å². The van der Waals surface area contributed by atoms with E-state index in [0.717, 1.165) is 60.5 Å². The van der Waals surface area contributed by atoms with Crippen molar-refractivity contribution < 1.29 is 5.11 Å². The molecule has 4 aromatic rings. The van der Waals surface area contributed by atoms with Crippen LogP contribution < -0.4 is 10.6 Å². The van der Waals surface area contributed by atoms with Crippen molar-refractivity contribution in [2.75, 3.05) is 18.0 Å². The highest BCUT2D eigenvalue weighted by Gasteiger charge is 2.28. The first-order valence-electron chi connectivity index (χ1n) is 12.8. The van der Waals surface area contributed by atoms with Crippen molar-refractivity contribution in [3.63, 3.8) is 0 Å². The largest absolute Gasteiger partial charge is 0.508 e. The van der Waals surface area contributed by atoms with E-state index in [9.17, 15) is 5.11 Å². The Bertz CT molecular complexity index is 1440. The molecule has 0 aromatic heterocycles. The van der Waals surface area contributed by atoms with Crippen LogP contribution in [-0.2, 0) is 6.42 Å². The number of phenols is 1. The number of rotatable bonds is 8. The van der Waals surface area contributed by atoms with Gasteiger partial charge in [0.2, 0.25) is 0 Å². The minimum atomic E-state index is -0.161. The molecule has 1 heterocycles. The van der Waals surface area contributed by atoms with Gasteiger partial charge in [0.15, 0.2) is 0 Å². The third kappa shape index (κ3) is 5.56. The molecule has 0 saturated carbocycles. The number of hydrogen-bond acceptors (Lipinski definition) is 4. The number of aliphatic imine (C=N–C) groups is 1. The van der Waals surface area contributed by atoms with E-state index in [1.807, 2.05) is 24.3 Å². The molecule has 1 aliphatic rings. The Balaban J connectivity index is 1.60. The quantitative estimate of drug-likeness (QED) is 0.249. The monoisotopic (exact) mass is 509 g/mol. The summed E-state index contributed by atoms with van der Waals surface area (Å²) in [5.74, 6) is 0.225. The van der Waals surface area contributed by atoms with Crippen LogP contribution in [0.15, 0.2) is 102 Å². The van der Waals surface area contributed by atoms with E-state index >= 15 is 0 Å². The Morgan fingerprint density at radius 3 is 2.46 bits per heavy atom. The van der Waals surface area contributed by atoms with E-state index in [2.05, 4.69) is 60.0 Å². The van der Waals surface area contributed by atoms with Crippen LogP contribution in [0.5, 0.6) is 5.75 Å². The molecule has 3 N–H and O–H groups in total. The molecule has 0 aliphatic carbocycles. The first kappa shape index (κ1) is 25.1. The maximum absolute atomic E-state index is 9.92. The second-order valence-corrected chi connectivity index (χ2v) is 10.0. The lowest BCUT2D eigenvalue weighted by atomic mass is 9.99. The zero-order valence-electron chi connectivity index (χ0n) is 20.9. The highest BCUT2D eigenvalue weighted by atomic mass is 35.5. The minimum absolute atomic E-state index is 0.161. The number of unbranched alkanes of at least 4 members (excludes halogenated alkanes) is 2. The van der Waals surface area contributed by atoms with E-state index < -0.39 is 0 Å². The topological polar surface area (TPSA) is 61.9 Å². The first-order chi connectivity index (χ1) is 18.0. The van der Waals surface area contributed by atoms with Crippen LogP contribution in [0, 0.1) is 0 Å². The average Bonchev–Trinajstić information content (AvgIpc) is 3.01. The molecule has 37 heavy (non-hydrogen) atoms. The van der Waals surface area contributed by atoms with E-state index in [1.165, 1.54) is 16.3 Å². The van der Waals surface area contributed by atoms with Gasteiger partial charge >= 0.3 is 0 Å². The molecule has 1 atom stereocenters. The molecule has 1 unspecified atom stereocenters. The van der Waals surface area contributed by atoms with E-state index in [1.54, 1.807) is 12.1 Å². The molecule has 0 amide bonds. The van der Waals surface area contributed by atoms with Crippen LogP contribution >= 0.6 is 11.6 Å². The summed E-state index contributed by atoms with van der Waals surface area (Å²) in [4.78, 5) is 7.63. The summed E-state index contributed by atoms with van der Waals surface area (Å²) in [6, 6.07) is 28.1. The number of aromatic hydroxyl groups is 1. The smallest absolute Gasteiger partial charge is 0.115 e. The molecule has 4 aromatic carbocycles.